The lowest BCUT2D eigenvalue weighted by Gasteiger charge is -2.13. The van der Waals surface area contributed by atoms with Crippen LogP contribution in [0.25, 0.3) is 0 Å². The zero-order valence-corrected chi connectivity index (χ0v) is 12.4. The van der Waals surface area contributed by atoms with Crippen molar-refractivity contribution in [1.82, 2.24) is 0 Å². The number of carboxylic acids is 1. The molecule has 114 valence electrons. The van der Waals surface area contributed by atoms with Crippen LogP contribution >= 0.6 is 0 Å². The number of amides is 1. The van der Waals surface area contributed by atoms with E-state index >= 15 is 0 Å². The van der Waals surface area contributed by atoms with E-state index in [0.717, 1.165) is 31.2 Å². The van der Waals surface area contributed by atoms with Crippen LogP contribution in [0.2, 0.25) is 0 Å². The van der Waals surface area contributed by atoms with Gasteiger partial charge in [-0.25, -0.2) is 4.79 Å². The SMILES string of the molecule is Cc1cc(C)c(C(=O)O)cc1NC(=O)COC1CCCC1. The van der Waals surface area contributed by atoms with Crippen molar-refractivity contribution < 1.29 is 19.4 Å². The smallest absolute Gasteiger partial charge is 0.336 e. The summed E-state index contributed by atoms with van der Waals surface area (Å²) in [7, 11) is 0. The lowest BCUT2D eigenvalue weighted by molar-refractivity contribution is -0.122. The van der Waals surface area contributed by atoms with Gasteiger partial charge in [0.05, 0.1) is 11.7 Å². The predicted molar refractivity (Wildman–Crippen MR) is 79.7 cm³/mol. The molecule has 5 nitrogen and oxygen atoms in total. The molecule has 1 amide bonds. The zero-order chi connectivity index (χ0) is 15.4. The van der Waals surface area contributed by atoms with E-state index in [4.69, 9.17) is 9.84 Å². The largest absolute Gasteiger partial charge is 0.478 e. The van der Waals surface area contributed by atoms with Gasteiger partial charge >= 0.3 is 5.97 Å². The molecule has 0 unspecified atom stereocenters. The maximum atomic E-state index is 11.9. The number of carboxylic acid groups (broad SMARTS) is 1. The molecule has 1 aromatic carbocycles. The van der Waals surface area contributed by atoms with Crippen molar-refractivity contribution in [1.29, 1.82) is 0 Å². The number of aryl methyl sites for hydroxylation is 2. The Labute approximate surface area is 124 Å². The van der Waals surface area contributed by atoms with Crippen LogP contribution < -0.4 is 5.32 Å². The number of anilines is 1. The van der Waals surface area contributed by atoms with Crippen LogP contribution in [0, 0.1) is 13.8 Å². The number of nitrogens with one attached hydrogen (secondary N) is 1. The molecule has 1 aliphatic carbocycles. The van der Waals surface area contributed by atoms with Crippen LogP contribution in [0.4, 0.5) is 5.69 Å². The standard InChI is InChI=1S/C16H21NO4/c1-10-7-11(2)14(8-13(10)16(19)20)17-15(18)9-21-12-5-3-4-6-12/h7-8,12H,3-6,9H2,1-2H3,(H,17,18)(H,19,20). The monoisotopic (exact) mass is 291 g/mol. The molecule has 0 bridgehead atoms. The van der Waals surface area contributed by atoms with Crippen molar-refractivity contribution in [3.63, 3.8) is 0 Å². The summed E-state index contributed by atoms with van der Waals surface area (Å²) in [5.74, 6) is -1.24. The molecule has 0 heterocycles. The highest BCUT2D eigenvalue weighted by molar-refractivity contribution is 5.96. The van der Waals surface area contributed by atoms with E-state index < -0.39 is 5.97 Å². The third kappa shape index (κ3) is 4.04. The number of carbonyl (C=O) groups excluding carboxylic acids is 1. The summed E-state index contributed by atoms with van der Waals surface area (Å²) in [4.78, 5) is 23.0. The topological polar surface area (TPSA) is 75.6 Å². The predicted octanol–water partition coefficient (Wildman–Crippen LogP) is 2.90. The fourth-order valence-electron chi connectivity index (χ4n) is 2.65. The van der Waals surface area contributed by atoms with E-state index in [1.165, 1.54) is 6.07 Å². The summed E-state index contributed by atoms with van der Waals surface area (Å²) in [5.41, 5.74) is 2.25. The maximum Gasteiger partial charge on any atom is 0.336 e. The molecule has 5 heteroatoms. The van der Waals surface area contributed by atoms with Crippen molar-refractivity contribution in [3.8, 4) is 0 Å². The highest BCUT2D eigenvalue weighted by atomic mass is 16.5. The normalized spacial score (nSPS) is 15.1. The van der Waals surface area contributed by atoms with E-state index in [2.05, 4.69) is 5.32 Å². The first kappa shape index (κ1) is 15.5. The number of ether oxygens (including phenoxy) is 1. The van der Waals surface area contributed by atoms with Crippen molar-refractivity contribution in [2.24, 2.45) is 0 Å². The molecule has 1 fully saturated rings. The Bertz CT molecular complexity index is 547. The number of hydrogen-bond acceptors (Lipinski definition) is 3. The molecule has 1 aliphatic rings. The van der Waals surface area contributed by atoms with Crippen molar-refractivity contribution in [2.75, 3.05) is 11.9 Å². The lowest BCUT2D eigenvalue weighted by atomic mass is 10.0. The molecule has 0 atom stereocenters. The van der Waals surface area contributed by atoms with E-state index in [-0.39, 0.29) is 24.2 Å². The Morgan fingerprint density at radius 3 is 2.52 bits per heavy atom. The van der Waals surface area contributed by atoms with Crippen LogP contribution in [-0.2, 0) is 9.53 Å². The second-order valence-electron chi connectivity index (χ2n) is 5.55. The van der Waals surface area contributed by atoms with Gasteiger partial charge in [-0.3, -0.25) is 4.79 Å². The fourth-order valence-corrected chi connectivity index (χ4v) is 2.65. The summed E-state index contributed by atoms with van der Waals surface area (Å²) < 4.78 is 5.55. The highest BCUT2D eigenvalue weighted by Crippen LogP contribution is 2.22. The molecular weight excluding hydrogens is 270 g/mol. The fraction of sp³-hybridized carbons (Fsp3) is 0.500. The number of rotatable bonds is 5. The molecule has 1 saturated carbocycles. The second kappa shape index (κ2) is 6.72. The molecule has 0 spiro atoms. The first-order chi connectivity index (χ1) is 9.97. The van der Waals surface area contributed by atoms with E-state index in [1.807, 2.05) is 6.92 Å². The third-order valence-electron chi connectivity index (χ3n) is 3.83. The summed E-state index contributed by atoms with van der Waals surface area (Å²) in [6, 6.07) is 3.26. The quantitative estimate of drug-likeness (QED) is 0.874. The van der Waals surface area contributed by atoms with Crippen molar-refractivity contribution in [3.05, 3.63) is 28.8 Å². The van der Waals surface area contributed by atoms with Gasteiger partial charge in [0, 0.05) is 5.69 Å². The van der Waals surface area contributed by atoms with E-state index in [0.29, 0.717) is 11.3 Å². The molecule has 21 heavy (non-hydrogen) atoms. The van der Waals surface area contributed by atoms with Crippen molar-refractivity contribution >= 4 is 17.6 Å². The highest BCUT2D eigenvalue weighted by Gasteiger charge is 2.17. The van der Waals surface area contributed by atoms with Gasteiger partial charge < -0.3 is 15.2 Å². The summed E-state index contributed by atoms with van der Waals surface area (Å²) in [5, 5.41) is 11.9. The van der Waals surface area contributed by atoms with Gasteiger partial charge in [0.2, 0.25) is 5.91 Å². The van der Waals surface area contributed by atoms with Gasteiger partial charge in [0.15, 0.2) is 0 Å². The molecule has 0 aliphatic heterocycles. The Hall–Kier alpha value is -1.88. The Balaban J connectivity index is 1.99. The van der Waals surface area contributed by atoms with Crippen LogP contribution in [0.15, 0.2) is 12.1 Å². The molecule has 2 rings (SSSR count). The zero-order valence-electron chi connectivity index (χ0n) is 12.4. The van der Waals surface area contributed by atoms with E-state index in [1.54, 1.807) is 13.0 Å². The average Bonchev–Trinajstić information content (AvgIpc) is 2.92. The van der Waals surface area contributed by atoms with Crippen LogP contribution in [0.3, 0.4) is 0 Å². The minimum atomic E-state index is -0.995. The summed E-state index contributed by atoms with van der Waals surface area (Å²) in [6.07, 6.45) is 4.53. The summed E-state index contributed by atoms with van der Waals surface area (Å²) >= 11 is 0. The molecular formula is C16H21NO4. The van der Waals surface area contributed by atoms with Gasteiger partial charge in [-0.1, -0.05) is 18.9 Å². The first-order valence-electron chi connectivity index (χ1n) is 7.23. The Morgan fingerprint density at radius 2 is 1.90 bits per heavy atom. The number of hydrogen-bond donors (Lipinski definition) is 2. The van der Waals surface area contributed by atoms with Gasteiger partial charge in [-0.05, 0) is 43.9 Å². The second-order valence-corrected chi connectivity index (χ2v) is 5.55. The average molecular weight is 291 g/mol. The Kier molecular flexibility index (Phi) is 4.96. The number of aromatic carboxylic acids is 1. The van der Waals surface area contributed by atoms with Gasteiger partial charge in [0.25, 0.3) is 0 Å². The van der Waals surface area contributed by atoms with Gasteiger partial charge in [-0.15, -0.1) is 0 Å². The van der Waals surface area contributed by atoms with Crippen LogP contribution in [0.5, 0.6) is 0 Å². The van der Waals surface area contributed by atoms with Gasteiger partial charge in [-0.2, -0.15) is 0 Å². The minimum absolute atomic E-state index is 0.0143. The van der Waals surface area contributed by atoms with E-state index in [9.17, 15) is 9.59 Å². The molecule has 2 N–H and O–H groups in total. The molecule has 0 saturated heterocycles. The number of carbonyl (C=O) groups is 2. The third-order valence-corrected chi connectivity index (χ3v) is 3.83. The lowest BCUT2D eigenvalue weighted by Crippen LogP contribution is -2.22. The molecule has 0 aromatic heterocycles. The molecule has 1 aromatic rings. The molecule has 0 radical (unpaired) electrons. The number of benzene rings is 1. The first-order valence-corrected chi connectivity index (χ1v) is 7.23. The maximum absolute atomic E-state index is 11.9. The van der Waals surface area contributed by atoms with Crippen molar-refractivity contribution in [2.45, 2.75) is 45.6 Å². The summed E-state index contributed by atoms with van der Waals surface area (Å²) in [6.45, 7) is 3.59. The minimum Gasteiger partial charge on any atom is -0.478 e. The van der Waals surface area contributed by atoms with Gasteiger partial charge in [0.1, 0.15) is 6.61 Å². The van der Waals surface area contributed by atoms with Crippen LogP contribution in [-0.4, -0.2) is 29.7 Å². The van der Waals surface area contributed by atoms with Crippen LogP contribution in [0.1, 0.15) is 47.2 Å². The Morgan fingerprint density at radius 1 is 1.24 bits per heavy atom.